The standard InChI is InChI=1S/C24H51NO2/c1-4-7-9-11-13-18-22-26-24(20-16-15-17-21-25-6-3)27-23-19-14-12-10-8-5-2/h24-25H,4-23H2,1-3H3. The molecular formula is C24H51NO2. The van der Waals surface area contributed by atoms with Gasteiger partial charge in [-0.15, -0.1) is 0 Å². The molecule has 0 aliphatic heterocycles. The minimum atomic E-state index is 0.0235. The Morgan fingerprint density at radius 1 is 0.556 bits per heavy atom. The van der Waals surface area contributed by atoms with Crippen molar-refractivity contribution in [1.82, 2.24) is 5.32 Å². The van der Waals surface area contributed by atoms with Crippen molar-refractivity contribution in [3.05, 3.63) is 0 Å². The summed E-state index contributed by atoms with van der Waals surface area (Å²) < 4.78 is 12.2. The first kappa shape index (κ1) is 26.9. The van der Waals surface area contributed by atoms with Crippen LogP contribution in [0.2, 0.25) is 0 Å². The summed E-state index contributed by atoms with van der Waals surface area (Å²) in [5.74, 6) is 0. The molecule has 0 heterocycles. The predicted molar refractivity (Wildman–Crippen MR) is 119 cm³/mol. The highest BCUT2D eigenvalue weighted by molar-refractivity contribution is 4.53. The van der Waals surface area contributed by atoms with E-state index in [1.807, 2.05) is 0 Å². The Morgan fingerprint density at radius 3 is 1.56 bits per heavy atom. The second-order valence-corrected chi connectivity index (χ2v) is 7.91. The maximum atomic E-state index is 6.08. The van der Waals surface area contributed by atoms with Gasteiger partial charge in [-0.2, -0.15) is 0 Å². The number of unbranched alkanes of at least 4 members (excludes halogenated alkanes) is 12. The van der Waals surface area contributed by atoms with E-state index in [-0.39, 0.29) is 6.29 Å². The number of ether oxygens (including phenoxy) is 2. The largest absolute Gasteiger partial charge is 0.353 e. The normalized spacial score (nSPS) is 11.6. The van der Waals surface area contributed by atoms with E-state index in [2.05, 4.69) is 26.1 Å². The van der Waals surface area contributed by atoms with E-state index in [0.29, 0.717) is 0 Å². The van der Waals surface area contributed by atoms with Crippen LogP contribution in [-0.2, 0) is 9.47 Å². The molecule has 1 N–H and O–H groups in total. The van der Waals surface area contributed by atoms with Gasteiger partial charge in [0.2, 0.25) is 0 Å². The lowest BCUT2D eigenvalue weighted by Crippen LogP contribution is -2.19. The van der Waals surface area contributed by atoms with Crippen LogP contribution in [0.3, 0.4) is 0 Å². The van der Waals surface area contributed by atoms with Gasteiger partial charge in [0.15, 0.2) is 6.29 Å². The molecule has 0 rings (SSSR count). The van der Waals surface area contributed by atoms with Crippen molar-refractivity contribution in [2.75, 3.05) is 26.3 Å². The molecule has 164 valence electrons. The summed E-state index contributed by atoms with van der Waals surface area (Å²) in [6.45, 7) is 10.7. The summed E-state index contributed by atoms with van der Waals surface area (Å²) in [6, 6.07) is 0. The summed E-state index contributed by atoms with van der Waals surface area (Å²) in [4.78, 5) is 0. The summed E-state index contributed by atoms with van der Waals surface area (Å²) in [7, 11) is 0. The van der Waals surface area contributed by atoms with E-state index in [1.54, 1.807) is 0 Å². The van der Waals surface area contributed by atoms with Gasteiger partial charge in [-0.25, -0.2) is 0 Å². The Balaban J connectivity index is 3.78. The lowest BCUT2D eigenvalue weighted by atomic mass is 10.1. The molecule has 27 heavy (non-hydrogen) atoms. The van der Waals surface area contributed by atoms with Gasteiger partial charge < -0.3 is 14.8 Å². The van der Waals surface area contributed by atoms with Crippen molar-refractivity contribution < 1.29 is 9.47 Å². The Kier molecular flexibility index (Phi) is 23.8. The lowest BCUT2D eigenvalue weighted by Gasteiger charge is -2.19. The van der Waals surface area contributed by atoms with Crippen molar-refractivity contribution in [1.29, 1.82) is 0 Å². The van der Waals surface area contributed by atoms with Gasteiger partial charge in [0.05, 0.1) is 0 Å². The number of nitrogens with one attached hydrogen (secondary N) is 1. The van der Waals surface area contributed by atoms with Crippen LogP contribution in [-0.4, -0.2) is 32.6 Å². The zero-order valence-electron chi connectivity index (χ0n) is 19.0. The Morgan fingerprint density at radius 2 is 1.04 bits per heavy atom. The van der Waals surface area contributed by atoms with Gasteiger partial charge in [-0.1, -0.05) is 91.4 Å². The van der Waals surface area contributed by atoms with E-state index >= 15 is 0 Å². The van der Waals surface area contributed by atoms with Gasteiger partial charge in [-0.3, -0.25) is 0 Å². The number of rotatable bonds is 23. The predicted octanol–water partition coefficient (Wildman–Crippen LogP) is 7.24. The molecule has 0 saturated carbocycles. The third-order valence-electron chi connectivity index (χ3n) is 5.15. The van der Waals surface area contributed by atoms with Gasteiger partial charge in [0.25, 0.3) is 0 Å². The second kappa shape index (κ2) is 23.9. The van der Waals surface area contributed by atoms with Gasteiger partial charge in [-0.05, 0) is 45.2 Å². The molecule has 0 fully saturated rings. The van der Waals surface area contributed by atoms with Crippen LogP contribution in [0.1, 0.15) is 124 Å². The summed E-state index contributed by atoms with van der Waals surface area (Å²) in [5, 5.41) is 3.40. The molecule has 0 radical (unpaired) electrons. The molecule has 3 nitrogen and oxygen atoms in total. The molecule has 0 bridgehead atoms. The molecule has 0 aromatic heterocycles. The van der Waals surface area contributed by atoms with Crippen LogP contribution in [0.5, 0.6) is 0 Å². The summed E-state index contributed by atoms with van der Waals surface area (Å²) >= 11 is 0. The average molecular weight is 386 g/mol. The molecule has 0 aromatic carbocycles. The Labute approximate surface area is 171 Å². The highest BCUT2D eigenvalue weighted by Gasteiger charge is 2.09. The average Bonchev–Trinajstić information content (AvgIpc) is 2.68. The van der Waals surface area contributed by atoms with Crippen molar-refractivity contribution in [3.8, 4) is 0 Å². The van der Waals surface area contributed by atoms with Crippen molar-refractivity contribution >= 4 is 0 Å². The fourth-order valence-corrected chi connectivity index (χ4v) is 3.32. The molecule has 0 aliphatic carbocycles. The Bertz CT molecular complexity index is 243. The summed E-state index contributed by atoms with van der Waals surface area (Å²) in [5.41, 5.74) is 0. The minimum absolute atomic E-state index is 0.0235. The third-order valence-corrected chi connectivity index (χ3v) is 5.15. The van der Waals surface area contributed by atoms with Gasteiger partial charge in [0, 0.05) is 13.2 Å². The van der Waals surface area contributed by atoms with Crippen LogP contribution in [0, 0.1) is 0 Å². The summed E-state index contributed by atoms with van der Waals surface area (Å²) in [6.07, 6.45) is 20.6. The topological polar surface area (TPSA) is 30.5 Å². The molecule has 3 heteroatoms. The lowest BCUT2D eigenvalue weighted by molar-refractivity contribution is -0.148. The molecule has 0 amide bonds. The molecule has 0 unspecified atom stereocenters. The fourth-order valence-electron chi connectivity index (χ4n) is 3.32. The zero-order valence-corrected chi connectivity index (χ0v) is 19.0. The monoisotopic (exact) mass is 385 g/mol. The number of hydrogen-bond donors (Lipinski definition) is 1. The van der Waals surface area contributed by atoms with E-state index in [9.17, 15) is 0 Å². The van der Waals surface area contributed by atoms with Crippen LogP contribution in [0.25, 0.3) is 0 Å². The van der Waals surface area contributed by atoms with Gasteiger partial charge in [0.1, 0.15) is 0 Å². The van der Waals surface area contributed by atoms with E-state index < -0.39 is 0 Å². The zero-order chi connectivity index (χ0) is 19.8. The van der Waals surface area contributed by atoms with Crippen LogP contribution in [0.4, 0.5) is 0 Å². The highest BCUT2D eigenvalue weighted by atomic mass is 16.7. The third kappa shape index (κ3) is 22.0. The molecule has 0 aromatic rings. The van der Waals surface area contributed by atoms with Crippen LogP contribution < -0.4 is 5.32 Å². The maximum Gasteiger partial charge on any atom is 0.157 e. The highest BCUT2D eigenvalue weighted by Crippen LogP contribution is 2.12. The SMILES string of the molecule is CCCCCCCCOC(CCCCCNCC)OCCCCCCCC. The molecule has 0 spiro atoms. The first-order valence-electron chi connectivity index (χ1n) is 12.3. The first-order chi connectivity index (χ1) is 13.3. The number of hydrogen-bond acceptors (Lipinski definition) is 3. The van der Waals surface area contributed by atoms with Crippen LogP contribution in [0.15, 0.2) is 0 Å². The van der Waals surface area contributed by atoms with Crippen molar-refractivity contribution in [2.24, 2.45) is 0 Å². The van der Waals surface area contributed by atoms with E-state index in [0.717, 1.165) is 32.7 Å². The second-order valence-electron chi connectivity index (χ2n) is 7.91. The quantitative estimate of drug-likeness (QED) is 0.148. The molecule has 0 saturated heterocycles. The van der Waals surface area contributed by atoms with Crippen molar-refractivity contribution in [2.45, 2.75) is 130 Å². The van der Waals surface area contributed by atoms with E-state index in [1.165, 1.54) is 96.3 Å². The molecule has 0 atom stereocenters. The first-order valence-corrected chi connectivity index (χ1v) is 12.3. The Hall–Kier alpha value is -0.120. The van der Waals surface area contributed by atoms with Gasteiger partial charge >= 0.3 is 0 Å². The maximum absolute atomic E-state index is 6.08. The minimum Gasteiger partial charge on any atom is -0.353 e. The molecular weight excluding hydrogens is 334 g/mol. The van der Waals surface area contributed by atoms with Crippen molar-refractivity contribution in [3.63, 3.8) is 0 Å². The smallest absolute Gasteiger partial charge is 0.157 e. The van der Waals surface area contributed by atoms with Crippen LogP contribution >= 0.6 is 0 Å². The molecule has 0 aliphatic rings. The van der Waals surface area contributed by atoms with E-state index in [4.69, 9.17) is 9.47 Å². The fraction of sp³-hybridized carbons (Fsp3) is 1.00.